The molecule has 3 heterocycles. The molecule has 1 saturated heterocycles. The van der Waals surface area contributed by atoms with E-state index in [2.05, 4.69) is 27.0 Å². The van der Waals surface area contributed by atoms with Gasteiger partial charge in [0, 0.05) is 36.5 Å². The summed E-state index contributed by atoms with van der Waals surface area (Å²) < 4.78 is 0. The molecule has 128 valence electrons. The molecule has 1 aromatic carbocycles. The molecule has 26 heavy (non-hydrogen) atoms. The van der Waals surface area contributed by atoms with E-state index in [0.717, 1.165) is 30.3 Å². The van der Waals surface area contributed by atoms with Crippen LogP contribution in [-0.4, -0.2) is 28.8 Å². The minimum absolute atomic E-state index is 0.0914. The maximum atomic E-state index is 12.7. The van der Waals surface area contributed by atoms with E-state index in [1.165, 1.54) is 11.3 Å². The van der Waals surface area contributed by atoms with Crippen LogP contribution in [0.2, 0.25) is 0 Å². The number of ketones is 1. The van der Waals surface area contributed by atoms with Gasteiger partial charge in [-0.3, -0.25) is 9.78 Å². The molecule has 1 aliphatic rings. The lowest BCUT2D eigenvalue weighted by molar-refractivity contribution is 0.104. The first-order valence-electron chi connectivity index (χ1n) is 8.41. The number of carbonyl (C=O) groups is 1. The summed E-state index contributed by atoms with van der Waals surface area (Å²) in [6, 6.07) is 14.8. The Morgan fingerprint density at radius 3 is 2.96 bits per heavy atom. The monoisotopic (exact) mass is 360 g/mol. The van der Waals surface area contributed by atoms with Crippen LogP contribution in [0.15, 0.2) is 54.9 Å². The number of anilines is 1. The molecule has 0 amide bonds. The predicted octanol–water partition coefficient (Wildman–Crippen LogP) is 3.63. The van der Waals surface area contributed by atoms with Crippen LogP contribution < -0.4 is 4.90 Å². The van der Waals surface area contributed by atoms with E-state index in [1.54, 1.807) is 30.5 Å². The largest absolute Gasteiger partial charge is 0.347 e. The number of nitrogens with zero attached hydrogens (tertiary/aromatic N) is 4. The number of pyridine rings is 1. The molecule has 1 aliphatic heterocycles. The molecule has 2 aromatic heterocycles. The van der Waals surface area contributed by atoms with Crippen LogP contribution in [0.5, 0.6) is 0 Å². The van der Waals surface area contributed by atoms with Crippen LogP contribution in [0.3, 0.4) is 0 Å². The molecule has 1 fully saturated rings. The van der Waals surface area contributed by atoms with E-state index in [0.29, 0.717) is 21.9 Å². The van der Waals surface area contributed by atoms with E-state index < -0.39 is 0 Å². The van der Waals surface area contributed by atoms with E-state index in [1.807, 2.05) is 18.3 Å². The zero-order valence-electron chi connectivity index (χ0n) is 14.0. The molecular weight excluding hydrogens is 344 g/mol. The first-order valence-corrected chi connectivity index (χ1v) is 9.23. The van der Waals surface area contributed by atoms with Gasteiger partial charge in [-0.15, -0.1) is 0 Å². The summed E-state index contributed by atoms with van der Waals surface area (Å²) in [6.45, 7) is 1.77. The molecular formula is C20H16N4OS. The van der Waals surface area contributed by atoms with Crippen LogP contribution in [0.1, 0.15) is 38.8 Å². The summed E-state index contributed by atoms with van der Waals surface area (Å²) in [5.74, 6) is 0.304. The van der Waals surface area contributed by atoms with Crippen molar-refractivity contribution in [3.8, 4) is 6.07 Å². The molecule has 0 radical (unpaired) electrons. The van der Waals surface area contributed by atoms with Crippen molar-refractivity contribution in [3.05, 3.63) is 76.6 Å². The Morgan fingerprint density at radius 1 is 1.23 bits per heavy atom. The maximum absolute atomic E-state index is 12.7. The Labute approximate surface area is 155 Å². The topological polar surface area (TPSA) is 69.9 Å². The molecule has 1 atom stereocenters. The lowest BCUT2D eigenvalue weighted by Gasteiger charge is -2.14. The SMILES string of the molecule is N#Cc1cccc(C(=O)c2cnc(N3CC[C@H](c4ccccn4)C3)s2)c1. The zero-order chi connectivity index (χ0) is 17.9. The van der Waals surface area contributed by atoms with Gasteiger partial charge in [0.1, 0.15) is 0 Å². The van der Waals surface area contributed by atoms with Crippen molar-refractivity contribution in [2.75, 3.05) is 18.0 Å². The highest BCUT2D eigenvalue weighted by atomic mass is 32.1. The van der Waals surface area contributed by atoms with Crippen LogP contribution in [0, 0.1) is 11.3 Å². The minimum atomic E-state index is -0.0914. The summed E-state index contributed by atoms with van der Waals surface area (Å²) in [7, 11) is 0. The molecule has 4 rings (SSSR count). The Morgan fingerprint density at radius 2 is 2.15 bits per heavy atom. The number of hydrogen-bond donors (Lipinski definition) is 0. The Hall–Kier alpha value is -3.04. The van der Waals surface area contributed by atoms with E-state index in [4.69, 9.17) is 5.26 Å². The summed E-state index contributed by atoms with van der Waals surface area (Å²) in [4.78, 5) is 24.4. The second-order valence-electron chi connectivity index (χ2n) is 6.22. The molecule has 0 N–H and O–H groups in total. The van der Waals surface area contributed by atoms with Gasteiger partial charge in [0.05, 0.1) is 22.7 Å². The molecule has 0 saturated carbocycles. The van der Waals surface area contributed by atoms with Crippen LogP contribution in [0.25, 0.3) is 0 Å². The third-order valence-corrected chi connectivity index (χ3v) is 5.59. The van der Waals surface area contributed by atoms with Crippen LogP contribution >= 0.6 is 11.3 Å². The highest BCUT2D eigenvalue weighted by Gasteiger charge is 2.27. The molecule has 0 aliphatic carbocycles. The van der Waals surface area contributed by atoms with E-state index in [9.17, 15) is 4.79 Å². The second-order valence-corrected chi connectivity index (χ2v) is 7.22. The number of carbonyl (C=O) groups excluding carboxylic acids is 1. The summed E-state index contributed by atoms with van der Waals surface area (Å²) in [5, 5.41) is 9.86. The van der Waals surface area contributed by atoms with Crippen molar-refractivity contribution in [2.45, 2.75) is 12.3 Å². The average Bonchev–Trinajstić information content (AvgIpc) is 3.38. The number of hydrogen-bond acceptors (Lipinski definition) is 6. The minimum Gasteiger partial charge on any atom is -0.347 e. The highest BCUT2D eigenvalue weighted by Crippen LogP contribution is 2.32. The molecule has 0 bridgehead atoms. The maximum Gasteiger partial charge on any atom is 0.204 e. The molecule has 0 spiro atoms. The van der Waals surface area contributed by atoms with Crippen molar-refractivity contribution in [2.24, 2.45) is 0 Å². The number of nitriles is 1. The standard InChI is InChI=1S/C20H16N4OS/c21-11-14-4-3-5-15(10-14)19(25)18-12-23-20(26-18)24-9-7-16(13-24)17-6-1-2-8-22-17/h1-6,8,10,12,16H,7,9,13H2/t16-/m0/s1. The Bertz CT molecular complexity index is 977. The van der Waals surface area contributed by atoms with Gasteiger partial charge in [0.25, 0.3) is 0 Å². The Balaban J connectivity index is 1.50. The number of benzene rings is 1. The van der Waals surface area contributed by atoms with Gasteiger partial charge in [0.15, 0.2) is 5.13 Å². The lowest BCUT2D eigenvalue weighted by atomic mass is 10.0. The molecule has 5 nitrogen and oxygen atoms in total. The van der Waals surface area contributed by atoms with Gasteiger partial charge < -0.3 is 4.90 Å². The summed E-state index contributed by atoms with van der Waals surface area (Å²) >= 11 is 1.41. The molecule has 3 aromatic rings. The van der Waals surface area contributed by atoms with Gasteiger partial charge >= 0.3 is 0 Å². The third-order valence-electron chi connectivity index (χ3n) is 4.54. The van der Waals surface area contributed by atoms with E-state index in [-0.39, 0.29) is 5.78 Å². The quantitative estimate of drug-likeness (QED) is 0.665. The first kappa shape index (κ1) is 16.4. The smallest absolute Gasteiger partial charge is 0.204 e. The van der Waals surface area contributed by atoms with Gasteiger partial charge in [-0.1, -0.05) is 29.5 Å². The number of thiazole rings is 1. The fourth-order valence-corrected chi connectivity index (χ4v) is 4.09. The highest BCUT2D eigenvalue weighted by molar-refractivity contribution is 7.17. The fraction of sp³-hybridized carbons (Fsp3) is 0.200. The summed E-state index contributed by atoms with van der Waals surface area (Å²) in [5.41, 5.74) is 2.11. The lowest BCUT2D eigenvalue weighted by Crippen LogP contribution is -2.18. The number of rotatable bonds is 4. The van der Waals surface area contributed by atoms with E-state index >= 15 is 0 Å². The summed E-state index contributed by atoms with van der Waals surface area (Å²) in [6.07, 6.45) is 4.49. The first-order chi connectivity index (χ1) is 12.7. The Kier molecular flexibility index (Phi) is 4.46. The van der Waals surface area contributed by atoms with Crippen molar-refractivity contribution >= 4 is 22.3 Å². The van der Waals surface area contributed by atoms with Crippen molar-refractivity contribution < 1.29 is 4.79 Å². The zero-order valence-corrected chi connectivity index (χ0v) is 14.8. The van der Waals surface area contributed by atoms with Gasteiger partial charge in [-0.05, 0) is 30.7 Å². The van der Waals surface area contributed by atoms with Crippen LogP contribution in [0.4, 0.5) is 5.13 Å². The molecule has 6 heteroatoms. The van der Waals surface area contributed by atoms with Gasteiger partial charge in [-0.2, -0.15) is 5.26 Å². The molecule has 0 unspecified atom stereocenters. The average molecular weight is 360 g/mol. The van der Waals surface area contributed by atoms with Crippen LogP contribution in [-0.2, 0) is 0 Å². The predicted molar refractivity (Wildman–Crippen MR) is 101 cm³/mol. The van der Waals surface area contributed by atoms with Gasteiger partial charge in [0.2, 0.25) is 5.78 Å². The fourth-order valence-electron chi connectivity index (χ4n) is 3.18. The van der Waals surface area contributed by atoms with Crippen molar-refractivity contribution in [1.29, 1.82) is 5.26 Å². The van der Waals surface area contributed by atoms with Crippen molar-refractivity contribution in [1.82, 2.24) is 9.97 Å². The normalized spacial score (nSPS) is 16.4. The van der Waals surface area contributed by atoms with Crippen molar-refractivity contribution in [3.63, 3.8) is 0 Å². The second kappa shape index (κ2) is 7.06. The van der Waals surface area contributed by atoms with Gasteiger partial charge in [-0.25, -0.2) is 4.98 Å². The third kappa shape index (κ3) is 3.22. The number of aromatic nitrogens is 2.